The Hall–Kier alpha value is -2.37. The number of nitrogens with one attached hydrogen (secondary N) is 2. The number of hydrogen-bond donors (Lipinski definition) is 2. The second kappa shape index (κ2) is 7.47. The summed E-state index contributed by atoms with van der Waals surface area (Å²) in [5.41, 5.74) is 1.26. The van der Waals surface area contributed by atoms with Crippen molar-refractivity contribution in [3.05, 3.63) is 48.0 Å². The zero-order valence-electron chi connectivity index (χ0n) is 15.1. The molecule has 2 amide bonds. The number of aryl methyl sites for hydroxylation is 1. The van der Waals surface area contributed by atoms with Gasteiger partial charge in [0.1, 0.15) is 6.33 Å². The number of aromatic nitrogens is 3. The van der Waals surface area contributed by atoms with Crippen LogP contribution in [0.3, 0.4) is 0 Å². The molecule has 0 aliphatic carbocycles. The van der Waals surface area contributed by atoms with E-state index in [1.807, 2.05) is 39.1 Å². The lowest BCUT2D eigenvalue weighted by Crippen LogP contribution is -2.44. The van der Waals surface area contributed by atoms with E-state index in [1.165, 1.54) is 5.56 Å². The molecule has 0 aliphatic heterocycles. The van der Waals surface area contributed by atoms with Gasteiger partial charge in [-0.25, -0.2) is 4.79 Å². The van der Waals surface area contributed by atoms with E-state index in [9.17, 15) is 4.79 Å². The fraction of sp³-hybridized carbons (Fsp3) is 0.500. The summed E-state index contributed by atoms with van der Waals surface area (Å²) in [6, 6.07) is 10.0. The molecule has 2 atom stereocenters. The maximum atomic E-state index is 12.2. The third-order valence-electron chi connectivity index (χ3n) is 4.23. The van der Waals surface area contributed by atoms with Crippen molar-refractivity contribution in [2.75, 3.05) is 0 Å². The summed E-state index contributed by atoms with van der Waals surface area (Å²) in [5.74, 6) is 0.724. The summed E-state index contributed by atoms with van der Waals surface area (Å²) in [6.07, 6.45) is 2.47. The molecule has 1 heterocycles. The van der Waals surface area contributed by atoms with Gasteiger partial charge in [-0.15, -0.1) is 10.2 Å². The maximum absolute atomic E-state index is 12.2. The highest BCUT2D eigenvalue weighted by atomic mass is 16.2. The average Bonchev–Trinajstić information content (AvgIpc) is 2.93. The number of nitrogens with zero attached hydrogens (tertiary/aromatic N) is 3. The first kappa shape index (κ1) is 18.0. The van der Waals surface area contributed by atoms with Crippen LogP contribution in [0.5, 0.6) is 0 Å². The van der Waals surface area contributed by atoms with Gasteiger partial charge in [0.25, 0.3) is 0 Å². The fourth-order valence-corrected chi connectivity index (χ4v) is 3.03. The lowest BCUT2D eigenvalue weighted by molar-refractivity contribution is 0.231. The number of amides is 2. The standard InChI is InChI=1S/C18H27N5O/c1-13(11-18(3,4)15-9-7-6-8-10-15)20-17(24)21-14(2)16-22-19-12-23(16)5/h6-10,12-14H,11H2,1-5H3,(H2,20,21,24)/t13-,14-/m0/s1. The summed E-state index contributed by atoms with van der Waals surface area (Å²) in [4.78, 5) is 12.2. The Bertz CT molecular complexity index is 665. The molecule has 0 bridgehead atoms. The highest BCUT2D eigenvalue weighted by Gasteiger charge is 2.24. The molecule has 1 aromatic heterocycles. The molecule has 0 aliphatic rings. The molecule has 2 aromatic rings. The van der Waals surface area contributed by atoms with E-state index in [-0.39, 0.29) is 23.5 Å². The molecular formula is C18H27N5O. The Labute approximate surface area is 143 Å². The zero-order valence-corrected chi connectivity index (χ0v) is 15.1. The van der Waals surface area contributed by atoms with E-state index < -0.39 is 0 Å². The maximum Gasteiger partial charge on any atom is 0.315 e. The molecule has 0 spiro atoms. The van der Waals surface area contributed by atoms with Gasteiger partial charge >= 0.3 is 6.03 Å². The van der Waals surface area contributed by atoms with Crippen molar-refractivity contribution >= 4 is 6.03 Å². The fourth-order valence-electron chi connectivity index (χ4n) is 3.03. The van der Waals surface area contributed by atoms with Crippen LogP contribution >= 0.6 is 0 Å². The molecule has 0 unspecified atom stereocenters. The number of carbonyl (C=O) groups excluding carboxylic acids is 1. The molecular weight excluding hydrogens is 302 g/mol. The van der Waals surface area contributed by atoms with Gasteiger partial charge in [0.2, 0.25) is 0 Å². The lowest BCUT2D eigenvalue weighted by Gasteiger charge is -2.29. The third-order valence-corrected chi connectivity index (χ3v) is 4.23. The Balaban J connectivity index is 1.89. The average molecular weight is 329 g/mol. The van der Waals surface area contributed by atoms with Gasteiger partial charge in [0.15, 0.2) is 5.82 Å². The summed E-state index contributed by atoms with van der Waals surface area (Å²) in [5, 5.41) is 13.8. The first-order chi connectivity index (χ1) is 11.3. The zero-order chi connectivity index (χ0) is 17.7. The van der Waals surface area contributed by atoms with Crippen LogP contribution in [0.4, 0.5) is 4.79 Å². The molecule has 0 radical (unpaired) electrons. The minimum absolute atomic E-state index is 0.0107. The topological polar surface area (TPSA) is 71.8 Å². The molecule has 130 valence electrons. The molecule has 24 heavy (non-hydrogen) atoms. The van der Waals surface area contributed by atoms with Crippen LogP contribution in [0.1, 0.15) is 51.5 Å². The predicted molar refractivity (Wildman–Crippen MR) is 94.6 cm³/mol. The summed E-state index contributed by atoms with van der Waals surface area (Å²) in [7, 11) is 1.86. The van der Waals surface area contributed by atoms with E-state index in [1.54, 1.807) is 10.9 Å². The van der Waals surface area contributed by atoms with Gasteiger partial charge in [-0.05, 0) is 31.2 Å². The number of urea groups is 1. The van der Waals surface area contributed by atoms with Gasteiger partial charge in [-0.2, -0.15) is 0 Å². The minimum Gasteiger partial charge on any atom is -0.336 e. The van der Waals surface area contributed by atoms with Crippen LogP contribution in [-0.2, 0) is 12.5 Å². The number of benzene rings is 1. The van der Waals surface area contributed by atoms with Crippen molar-refractivity contribution in [3.8, 4) is 0 Å². The van der Waals surface area contributed by atoms with E-state index in [2.05, 4.69) is 46.8 Å². The van der Waals surface area contributed by atoms with E-state index >= 15 is 0 Å². The van der Waals surface area contributed by atoms with Crippen LogP contribution in [0.25, 0.3) is 0 Å². The molecule has 0 saturated heterocycles. The first-order valence-electron chi connectivity index (χ1n) is 8.26. The highest BCUT2D eigenvalue weighted by Crippen LogP contribution is 2.28. The molecule has 1 aromatic carbocycles. The molecule has 6 heteroatoms. The largest absolute Gasteiger partial charge is 0.336 e. The second-order valence-electron chi connectivity index (χ2n) is 6.99. The predicted octanol–water partition coefficient (Wildman–Crippen LogP) is 2.93. The van der Waals surface area contributed by atoms with Gasteiger partial charge in [-0.1, -0.05) is 44.2 Å². The Kier molecular flexibility index (Phi) is 5.59. The number of rotatable bonds is 6. The summed E-state index contributed by atoms with van der Waals surface area (Å²) in [6.45, 7) is 8.31. The SMILES string of the molecule is C[C@H](NC(=O)N[C@@H](C)CC(C)(C)c1ccccc1)c1nncn1C. The van der Waals surface area contributed by atoms with Gasteiger partial charge in [0, 0.05) is 13.1 Å². The van der Waals surface area contributed by atoms with Crippen LogP contribution in [-0.4, -0.2) is 26.8 Å². The molecule has 0 fully saturated rings. The van der Waals surface area contributed by atoms with Crippen molar-refractivity contribution in [1.82, 2.24) is 25.4 Å². The van der Waals surface area contributed by atoms with E-state index in [0.717, 1.165) is 12.2 Å². The quantitative estimate of drug-likeness (QED) is 0.856. The highest BCUT2D eigenvalue weighted by molar-refractivity contribution is 5.74. The smallest absolute Gasteiger partial charge is 0.315 e. The Morgan fingerprint density at radius 1 is 1.21 bits per heavy atom. The van der Waals surface area contributed by atoms with Crippen LogP contribution in [0.15, 0.2) is 36.7 Å². The minimum atomic E-state index is -0.202. The lowest BCUT2D eigenvalue weighted by atomic mass is 9.79. The van der Waals surface area contributed by atoms with Crippen LogP contribution in [0.2, 0.25) is 0 Å². The summed E-state index contributed by atoms with van der Waals surface area (Å²) >= 11 is 0. The Morgan fingerprint density at radius 3 is 2.46 bits per heavy atom. The monoisotopic (exact) mass is 329 g/mol. The molecule has 6 nitrogen and oxygen atoms in total. The molecule has 2 rings (SSSR count). The Morgan fingerprint density at radius 2 is 1.88 bits per heavy atom. The van der Waals surface area contributed by atoms with Crippen molar-refractivity contribution in [2.45, 2.75) is 51.6 Å². The van der Waals surface area contributed by atoms with Crippen molar-refractivity contribution in [2.24, 2.45) is 7.05 Å². The van der Waals surface area contributed by atoms with Crippen molar-refractivity contribution in [3.63, 3.8) is 0 Å². The molecule has 0 saturated carbocycles. The third kappa shape index (κ3) is 4.57. The second-order valence-corrected chi connectivity index (χ2v) is 6.99. The van der Waals surface area contributed by atoms with Gasteiger partial charge in [-0.3, -0.25) is 0 Å². The first-order valence-corrected chi connectivity index (χ1v) is 8.26. The summed E-state index contributed by atoms with van der Waals surface area (Å²) < 4.78 is 1.80. The van der Waals surface area contributed by atoms with Crippen LogP contribution < -0.4 is 10.6 Å². The number of hydrogen-bond acceptors (Lipinski definition) is 3. The van der Waals surface area contributed by atoms with E-state index in [0.29, 0.717) is 0 Å². The van der Waals surface area contributed by atoms with Crippen LogP contribution in [0, 0.1) is 0 Å². The normalized spacial score (nSPS) is 14.0. The van der Waals surface area contributed by atoms with Gasteiger partial charge in [0.05, 0.1) is 6.04 Å². The van der Waals surface area contributed by atoms with Crippen molar-refractivity contribution < 1.29 is 4.79 Å². The van der Waals surface area contributed by atoms with E-state index in [4.69, 9.17) is 0 Å². The van der Waals surface area contributed by atoms with Gasteiger partial charge < -0.3 is 15.2 Å². The van der Waals surface area contributed by atoms with Crippen molar-refractivity contribution in [1.29, 1.82) is 0 Å². The molecule has 2 N–H and O–H groups in total. The number of carbonyl (C=O) groups is 1.